The van der Waals surface area contributed by atoms with E-state index in [1.807, 2.05) is 26.0 Å². The fraction of sp³-hybridized carbons (Fsp3) is 0.0952. The van der Waals surface area contributed by atoms with Crippen molar-refractivity contribution in [3.63, 3.8) is 0 Å². The SMILES string of the molecule is Cc1ccc(NC(=O)c2ccc(NS(=O)(=O)c3ccc(C)cc3)c(Cl)c2)cc1. The molecule has 0 aliphatic carbocycles. The molecule has 144 valence electrons. The Labute approximate surface area is 169 Å². The fourth-order valence-electron chi connectivity index (χ4n) is 2.50. The number of anilines is 2. The molecule has 0 bridgehead atoms. The van der Waals surface area contributed by atoms with Crippen LogP contribution in [0.5, 0.6) is 0 Å². The largest absolute Gasteiger partial charge is 0.322 e. The van der Waals surface area contributed by atoms with Gasteiger partial charge in [0.25, 0.3) is 15.9 Å². The molecule has 0 saturated carbocycles. The zero-order valence-electron chi connectivity index (χ0n) is 15.4. The number of sulfonamides is 1. The molecule has 1 amide bonds. The summed E-state index contributed by atoms with van der Waals surface area (Å²) >= 11 is 6.21. The topological polar surface area (TPSA) is 75.3 Å². The normalized spacial score (nSPS) is 11.1. The summed E-state index contributed by atoms with van der Waals surface area (Å²) in [5, 5.41) is 2.91. The van der Waals surface area contributed by atoms with Gasteiger partial charge in [0.2, 0.25) is 0 Å². The maximum absolute atomic E-state index is 12.5. The lowest BCUT2D eigenvalue weighted by molar-refractivity contribution is 0.102. The number of nitrogens with one attached hydrogen (secondary N) is 2. The summed E-state index contributed by atoms with van der Waals surface area (Å²) in [6.07, 6.45) is 0. The first-order chi connectivity index (χ1) is 13.2. The third-order valence-electron chi connectivity index (χ3n) is 4.12. The van der Waals surface area contributed by atoms with Crippen molar-refractivity contribution >= 4 is 38.9 Å². The average molecular weight is 415 g/mol. The van der Waals surface area contributed by atoms with Crippen LogP contribution in [0.15, 0.2) is 71.6 Å². The first-order valence-electron chi connectivity index (χ1n) is 8.52. The van der Waals surface area contributed by atoms with Crippen molar-refractivity contribution in [2.24, 2.45) is 0 Å². The van der Waals surface area contributed by atoms with E-state index in [2.05, 4.69) is 10.0 Å². The molecule has 3 aromatic rings. The molecule has 0 aliphatic rings. The van der Waals surface area contributed by atoms with E-state index >= 15 is 0 Å². The smallest absolute Gasteiger partial charge is 0.261 e. The zero-order chi connectivity index (χ0) is 20.3. The zero-order valence-corrected chi connectivity index (χ0v) is 16.9. The first-order valence-corrected chi connectivity index (χ1v) is 10.4. The van der Waals surface area contributed by atoms with Gasteiger partial charge in [0.1, 0.15) is 0 Å². The summed E-state index contributed by atoms with van der Waals surface area (Å²) in [7, 11) is -3.77. The van der Waals surface area contributed by atoms with Crippen LogP contribution in [-0.4, -0.2) is 14.3 Å². The van der Waals surface area contributed by atoms with E-state index in [1.165, 1.54) is 30.3 Å². The quantitative estimate of drug-likeness (QED) is 0.616. The first kappa shape index (κ1) is 19.9. The van der Waals surface area contributed by atoms with Crippen LogP contribution >= 0.6 is 11.6 Å². The van der Waals surface area contributed by atoms with Gasteiger partial charge in [-0.15, -0.1) is 0 Å². The Morgan fingerprint density at radius 2 is 1.43 bits per heavy atom. The van der Waals surface area contributed by atoms with E-state index in [1.54, 1.807) is 24.3 Å². The number of carbonyl (C=O) groups is 1. The molecule has 0 radical (unpaired) electrons. The van der Waals surface area contributed by atoms with Crippen LogP contribution in [0.3, 0.4) is 0 Å². The third kappa shape index (κ3) is 4.71. The van der Waals surface area contributed by atoms with Crippen molar-refractivity contribution in [1.82, 2.24) is 0 Å². The Hall–Kier alpha value is -2.83. The van der Waals surface area contributed by atoms with Gasteiger partial charge in [-0.25, -0.2) is 8.42 Å². The molecule has 0 atom stereocenters. The third-order valence-corrected chi connectivity index (χ3v) is 5.81. The molecule has 7 heteroatoms. The minimum atomic E-state index is -3.77. The van der Waals surface area contributed by atoms with E-state index in [9.17, 15) is 13.2 Å². The van der Waals surface area contributed by atoms with Crippen LogP contribution in [0.2, 0.25) is 5.02 Å². The van der Waals surface area contributed by atoms with Gasteiger partial charge in [-0.1, -0.05) is 47.0 Å². The maximum Gasteiger partial charge on any atom is 0.261 e. The maximum atomic E-state index is 12.5. The van der Waals surface area contributed by atoms with Gasteiger partial charge >= 0.3 is 0 Å². The van der Waals surface area contributed by atoms with Crippen LogP contribution in [-0.2, 0) is 10.0 Å². The molecule has 3 rings (SSSR count). The number of rotatable bonds is 5. The predicted octanol–water partition coefficient (Wildman–Crippen LogP) is 5.01. The predicted molar refractivity (Wildman–Crippen MR) is 113 cm³/mol. The molecule has 0 aromatic heterocycles. The molecule has 28 heavy (non-hydrogen) atoms. The second-order valence-corrected chi connectivity index (χ2v) is 8.52. The minimum Gasteiger partial charge on any atom is -0.322 e. The number of hydrogen-bond donors (Lipinski definition) is 2. The van der Waals surface area contributed by atoms with Gasteiger partial charge in [-0.05, 0) is 56.3 Å². The van der Waals surface area contributed by atoms with Gasteiger partial charge in [-0.2, -0.15) is 0 Å². The molecule has 2 N–H and O–H groups in total. The highest BCUT2D eigenvalue weighted by Gasteiger charge is 2.17. The van der Waals surface area contributed by atoms with E-state index in [-0.39, 0.29) is 21.5 Å². The van der Waals surface area contributed by atoms with Crippen LogP contribution in [0.4, 0.5) is 11.4 Å². The summed E-state index contributed by atoms with van der Waals surface area (Å²) in [6, 6.07) is 18.3. The highest BCUT2D eigenvalue weighted by atomic mass is 35.5. The number of amides is 1. The lowest BCUT2D eigenvalue weighted by atomic mass is 10.2. The van der Waals surface area contributed by atoms with Crippen molar-refractivity contribution in [3.05, 3.63) is 88.4 Å². The molecular formula is C21H19ClN2O3S. The molecule has 0 aliphatic heterocycles. The van der Waals surface area contributed by atoms with E-state index in [0.717, 1.165) is 11.1 Å². The highest BCUT2D eigenvalue weighted by molar-refractivity contribution is 7.92. The van der Waals surface area contributed by atoms with Crippen molar-refractivity contribution in [2.75, 3.05) is 10.0 Å². The van der Waals surface area contributed by atoms with Gasteiger partial charge in [0.15, 0.2) is 0 Å². The van der Waals surface area contributed by atoms with Crippen molar-refractivity contribution in [3.8, 4) is 0 Å². The lowest BCUT2D eigenvalue weighted by Crippen LogP contribution is -2.15. The number of aryl methyl sites for hydroxylation is 2. The summed E-state index contributed by atoms with van der Waals surface area (Å²) in [4.78, 5) is 12.5. The number of benzene rings is 3. The fourth-order valence-corrected chi connectivity index (χ4v) is 3.86. The van der Waals surface area contributed by atoms with Crippen LogP contribution in [0.1, 0.15) is 21.5 Å². The van der Waals surface area contributed by atoms with Crippen LogP contribution < -0.4 is 10.0 Å². The van der Waals surface area contributed by atoms with Gasteiger partial charge in [0.05, 0.1) is 15.6 Å². The Balaban J connectivity index is 1.77. The molecule has 0 heterocycles. The molecule has 5 nitrogen and oxygen atoms in total. The molecule has 0 saturated heterocycles. The van der Waals surface area contributed by atoms with Gasteiger partial charge in [0, 0.05) is 11.3 Å². The molecule has 3 aromatic carbocycles. The van der Waals surface area contributed by atoms with Crippen LogP contribution in [0, 0.1) is 13.8 Å². The number of carbonyl (C=O) groups excluding carboxylic acids is 1. The molecule has 0 unspecified atom stereocenters. The lowest BCUT2D eigenvalue weighted by Gasteiger charge is -2.11. The summed E-state index contributed by atoms with van der Waals surface area (Å²) in [5.74, 6) is -0.335. The Kier molecular flexibility index (Phi) is 5.72. The molecule has 0 spiro atoms. The molecular weight excluding hydrogens is 396 g/mol. The number of halogens is 1. The monoisotopic (exact) mass is 414 g/mol. The Bertz CT molecular complexity index is 1110. The standard InChI is InChI=1S/C21H19ClN2O3S/c1-14-3-8-17(9-4-14)23-21(25)16-7-12-20(19(22)13-16)24-28(26,27)18-10-5-15(2)6-11-18/h3-13,24H,1-2H3,(H,23,25). The Morgan fingerprint density at radius 3 is 2.00 bits per heavy atom. The van der Waals surface area contributed by atoms with Crippen molar-refractivity contribution < 1.29 is 13.2 Å². The van der Waals surface area contributed by atoms with E-state index < -0.39 is 10.0 Å². The van der Waals surface area contributed by atoms with Gasteiger partial charge < -0.3 is 5.32 Å². The minimum absolute atomic E-state index is 0.132. The Morgan fingerprint density at radius 1 is 0.857 bits per heavy atom. The van der Waals surface area contributed by atoms with Gasteiger partial charge in [-0.3, -0.25) is 9.52 Å². The summed E-state index contributed by atoms with van der Waals surface area (Å²) in [5.41, 5.74) is 3.24. The van der Waals surface area contributed by atoms with Crippen molar-refractivity contribution in [1.29, 1.82) is 0 Å². The second-order valence-electron chi connectivity index (χ2n) is 6.43. The van der Waals surface area contributed by atoms with E-state index in [0.29, 0.717) is 11.3 Å². The van der Waals surface area contributed by atoms with E-state index in [4.69, 9.17) is 11.6 Å². The molecule has 0 fully saturated rings. The van der Waals surface area contributed by atoms with Crippen molar-refractivity contribution in [2.45, 2.75) is 18.7 Å². The highest BCUT2D eigenvalue weighted by Crippen LogP contribution is 2.26. The second kappa shape index (κ2) is 8.04. The summed E-state index contributed by atoms with van der Waals surface area (Å²) in [6.45, 7) is 3.84. The summed E-state index contributed by atoms with van der Waals surface area (Å²) < 4.78 is 27.5. The number of hydrogen-bond acceptors (Lipinski definition) is 3. The van der Waals surface area contributed by atoms with Crippen LogP contribution in [0.25, 0.3) is 0 Å². The average Bonchev–Trinajstić information content (AvgIpc) is 2.65.